The van der Waals surface area contributed by atoms with Gasteiger partial charge < -0.3 is 4.74 Å². The lowest BCUT2D eigenvalue weighted by atomic mass is 10.2. The van der Waals surface area contributed by atoms with Gasteiger partial charge >= 0.3 is 0 Å². The van der Waals surface area contributed by atoms with E-state index in [2.05, 4.69) is 4.98 Å². The van der Waals surface area contributed by atoms with Crippen molar-refractivity contribution in [1.82, 2.24) is 4.98 Å². The predicted molar refractivity (Wildman–Crippen MR) is 63.3 cm³/mol. The van der Waals surface area contributed by atoms with E-state index in [0.29, 0.717) is 6.61 Å². The van der Waals surface area contributed by atoms with E-state index in [1.807, 2.05) is 29.6 Å². The molecule has 2 nitrogen and oxygen atoms in total. The maximum absolute atomic E-state index is 5.91. The Morgan fingerprint density at radius 2 is 2.33 bits per heavy atom. The third-order valence-electron chi connectivity index (χ3n) is 1.92. The van der Waals surface area contributed by atoms with E-state index in [1.54, 1.807) is 18.4 Å². The van der Waals surface area contributed by atoms with Gasteiger partial charge in [-0.1, -0.05) is 23.7 Å². The van der Waals surface area contributed by atoms with E-state index < -0.39 is 0 Å². The van der Waals surface area contributed by atoms with Gasteiger partial charge in [-0.3, -0.25) is 0 Å². The first kappa shape index (κ1) is 10.6. The van der Waals surface area contributed by atoms with Crippen LogP contribution in [0.5, 0.6) is 0 Å². The van der Waals surface area contributed by atoms with Crippen LogP contribution < -0.4 is 0 Å². The molecule has 15 heavy (non-hydrogen) atoms. The Kier molecular flexibility index (Phi) is 3.36. The second-order valence-corrected chi connectivity index (χ2v) is 4.38. The number of aromatic nitrogens is 1. The summed E-state index contributed by atoms with van der Waals surface area (Å²) in [6.07, 6.45) is 0. The topological polar surface area (TPSA) is 22.1 Å². The monoisotopic (exact) mass is 239 g/mol. The maximum Gasteiger partial charge on any atom is 0.123 e. The molecule has 0 saturated carbocycles. The Bertz CT molecular complexity index is 455. The van der Waals surface area contributed by atoms with E-state index in [4.69, 9.17) is 16.3 Å². The van der Waals surface area contributed by atoms with Gasteiger partial charge in [0.15, 0.2) is 0 Å². The SMILES string of the molecule is COCc1csc(-c2cccc(Cl)c2)n1. The molecule has 1 heterocycles. The molecule has 0 aliphatic carbocycles. The predicted octanol–water partition coefficient (Wildman–Crippen LogP) is 3.61. The number of methoxy groups -OCH3 is 1. The number of benzene rings is 1. The molecule has 0 amide bonds. The van der Waals surface area contributed by atoms with E-state index in [-0.39, 0.29) is 0 Å². The molecule has 1 aromatic heterocycles. The van der Waals surface area contributed by atoms with E-state index in [9.17, 15) is 0 Å². The summed E-state index contributed by atoms with van der Waals surface area (Å²) in [6, 6.07) is 7.70. The lowest BCUT2D eigenvalue weighted by Crippen LogP contribution is -1.86. The van der Waals surface area contributed by atoms with Crippen LogP contribution in [-0.2, 0) is 11.3 Å². The van der Waals surface area contributed by atoms with Gasteiger partial charge in [-0.15, -0.1) is 11.3 Å². The molecule has 0 spiro atoms. The van der Waals surface area contributed by atoms with Crippen LogP contribution in [0.4, 0.5) is 0 Å². The van der Waals surface area contributed by atoms with Crippen LogP contribution in [0.2, 0.25) is 5.02 Å². The van der Waals surface area contributed by atoms with E-state index >= 15 is 0 Å². The molecule has 0 aliphatic rings. The molecule has 0 N–H and O–H groups in total. The number of nitrogens with zero attached hydrogens (tertiary/aromatic N) is 1. The fourth-order valence-electron chi connectivity index (χ4n) is 1.28. The van der Waals surface area contributed by atoms with Crippen molar-refractivity contribution in [1.29, 1.82) is 0 Å². The summed E-state index contributed by atoms with van der Waals surface area (Å²) in [5.41, 5.74) is 2.01. The lowest BCUT2D eigenvalue weighted by molar-refractivity contribution is 0.182. The fraction of sp³-hybridized carbons (Fsp3) is 0.182. The molecule has 0 saturated heterocycles. The molecule has 78 valence electrons. The summed E-state index contributed by atoms with van der Waals surface area (Å²) >= 11 is 7.52. The van der Waals surface area contributed by atoms with E-state index in [1.165, 1.54) is 0 Å². The summed E-state index contributed by atoms with van der Waals surface area (Å²) in [5.74, 6) is 0. The van der Waals surface area contributed by atoms with E-state index in [0.717, 1.165) is 21.3 Å². The van der Waals surface area contributed by atoms with Gasteiger partial charge in [0.2, 0.25) is 0 Å². The molecular weight excluding hydrogens is 230 g/mol. The van der Waals surface area contributed by atoms with Crippen LogP contribution in [0, 0.1) is 0 Å². The molecule has 4 heteroatoms. The minimum Gasteiger partial charge on any atom is -0.378 e. The van der Waals surface area contributed by atoms with Crippen molar-refractivity contribution in [3.8, 4) is 10.6 Å². The molecule has 0 bridgehead atoms. The summed E-state index contributed by atoms with van der Waals surface area (Å²) in [5, 5.41) is 3.71. The van der Waals surface area contributed by atoms with Gasteiger partial charge in [0.25, 0.3) is 0 Å². The van der Waals surface area contributed by atoms with Gasteiger partial charge in [-0.2, -0.15) is 0 Å². The Balaban J connectivity index is 2.29. The highest BCUT2D eigenvalue weighted by atomic mass is 35.5. The third kappa shape index (κ3) is 2.56. The van der Waals surface area contributed by atoms with Crippen LogP contribution in [0.3, 0.4) is 0 Å². The van der Waals surface area contributed by atoms with Crippen molar-refractivity contribution in [2.75, 3.05) is 7.11 Å². The highest BCUT2D eigenvalue weighted by Gasteiger charge is 2.04. The summed E-state index contributed by atoms with van der Waals surface area (Å²) in [7, 11) is 1.67. The highest BCUT2D eigenvalue weighted by molar-refractivity contribution is 7.13. The van der Waals surface area contributed by atoms with Crippen LogP contribution in [0.1, 0.15) is 5.69 Å². The van der Waals surface area contributed by atoms with Crippen LogP contribution in [0.15, 0.2) is 29.6 Å². The van der Waals surface area contributed by atoms with Crippen LogP contribution in [-0.4, -0.2) is 12.1 Å². The average molecular weight is 240 g/mol. The normalized spacial score (nSPS) is 10.5. The first-order valence-electron chi connectivity index (χ1n) is 4.49. The number of thiazole rings is 1. The fourth-order valence-corrected chi connectivity index (χ4v) is 2.27. The second-order valence-electron chi connectivity index (χ2n) is 3.09. The van der Waals surface area contributed by atoms with Gasteiger partial charge in [0.1, 0.15) is 5.01 Å². The summed E-state index contributed by atoms with van der Waals surface area (Å²) < 4.78 is 5.02. The third-order valence-corrected chi connectivity index (χ3v) is 3.09. The molecule has 0 atom stereocenters. The van der Waals surface area contributed by atoms with Gasteiger partial charge in [-0.05, 0) is 12.1 Å². The molecule has 0 fully saturated rings. The largest absolute Gasteiger partial charge is 0.378 e. The summed E-state index contributed by atoms with van der Waals surface area (Å²) in [6.45, 7) is 0.553. The standard InChI is InChI=1S/C11H10ClNOS/c1-14-6-10-7-15-11(13-10)8-3-2-4-9(12)5-8/h2-5,7H,6H2,1H3. The van der Waals surface area contributed by atoms with Gasteiger partial charge in [-0.25, -0.2) is 4.98 Å². The Morgan fingerprint density at radius 1 is 1.47 bits per heavy atom. The quantitative estimate of drug-likeness (QED) is 0.816. The van der Waals surface area contributed by atoms with Crippen molar-refractivity contribution in [3.63, 3.8) is 0 Å². The van der Waals surface area contributed by atoms with Crippen molar-refractivity contribution in [2.45, 2.75) is 6.61 Å². The minimum atomic E-state index is 0.553. The smallest absolute Gasteiger partial charge is 0.123 e. The molecule has 0 unspecified atom stereocenters. The lowest BCUT2D eigenvalue weighted by Gasteiger charge is -1.96. The first-order chi connectivity index (χ1) is 7.29. The number of hydrogen-bond donors (Lipinski definition) is 0. The molecule has 2 aromatic rings. The second kappa shape index (κ2) is 4.75. The van der Waals surface area contributed by atoms with Crippen molar-refractivity contribution in [3.05, 3.63) is 40.4 Å². The highest BCUT2D eigenvalue weighted by Crippen LogP contribution is 2.26. The van der Waals surface area contributed by atoms with Crippen molar-refractivity contribution >= 4 is 22.9 Å². The molecule has 2 rings (SSSR count). The zero-order valence-corrected chi connectivity index (χ0v) is 9.81. The Morgan fingerprint density at radius 3 is 3.07 bits per heavy atom. The minimum absolute atomic E-state index is 0.553. The van der Waals surface area contributed by atoms with Crippen molar-refractivity contribution in [2.24, 2.45) is 0 Å². The Hall–Kier alpha value is -0.900. The first-order valence-corrected chi connectivity index (χ1v) is 5.74. The molecule has 0 aliphatic heterocycles. The van der Waals surface area contributed by atoms with Crippen LogP contribution >= 0.6 is 22.9 Å². The zero-order chi connectivity index (χ0) is 10.7. The Labute approximate surface area is 97.5 Å². The number of rotatable bonds is 3. The summed E-state index contributed by atoms with van der Waals surface area (Å²) in [4.78, 5) is 4.45. The van der Waals surface area contributed by atoms with Gasteiger partial charge in [0, 0.05) is 23.1 Å². The number of ether oxygens (including phenoxy) is 1. The molecule has 1 aromatic carbocycles. The number of halogens is 1. The number of hydrogen-bond acceptors (Lipinski definition) is 3. The zero-order valence-electron chi connectivity index (χ0n) is 8.24. The molecular formula is C11H10ClNOS. The molecule has 0 radical (unpaired) electrons. The maximum atomic E-state index is 5.91. The van der Waals surface area contributed by atoms with Crippen LogP contribution in [0.25, 0.3) is 10.6 Å². The van der Waals surface area contributed by atoms with Crippen molar-refractivity contribution < 1.29 is 4.74 Å². The average Bonchev–Trinajstić information content (AvgIpc) is 2.67. The van der Waals surface area contributed by atoms with Gasteiger partial charge in [0.05, 0.1) is 12.3 Å².